The van der Waals surface area contributed by atoms with Crippen molar-refractivity contribution in [2.75, 3.05) is 0 Å². The van der Waals surface area contributed by atoms with Gasteiger partial charge in [-0.2, -0.15) is 0 Å². The maximum absolute atomic E-state index is 5.89. The van der Waals surface area contributed by atoms with Crippen molar-refractivity contribution in [2.45, 2.75) is 51.4 Å². The van der Waals surface area contributed by atoms with Gasteiger partial charge < -0.3 is 10.5 Å². The summed E-state index contributed by atoms with van der Waals surface area (Å²) >= 11 is 0. The third-order valence-corrected chi connectivity index (χ3v) is 2.48. The quantitative estimate of drug-likeness (QED) is 0.680. The lowest BCUT2D eigenvalue weighted by molar-refractivity contribution is -0.131. The molecular formula is C11H21NO. The Morgan fingerprint density at radius 2 is 2.15 bits per heavy atom. The number of allylic oxidation sites excluding steroid dienone is 1. The molecule has 0 aliphatic heterocycles. The minimum atomic E-state index is -0.0514. The summed E-state index contributed by atoms with van der Waals surface area (Å²) in [5.74, 6) is 0.483. The van der Waals surface area contributed by atoms with Crippen LogP contribution in [-0.2, 0) is 4.74 Å². The zero-order valence-electron chi connectivity index (χ0n) is 8.92. The molecule has 0 aromatic rings. The topological polar surface area (TPSA) is 35.2 Å². The monoisotopic (exact) mass is 183 g/mol. The number of hydrogen-bond acceptors (Lipinski definition) is 2. The van der Waals surface area contributed by atoms with E-state index in [2.05, 4.69) is 27.4 Å². The first-order valence-corrected chi connectivity index (χ1v) is 4.98. The molecule has 0 radical (unpaired) electrons. The molecule has 2 heteroatoms. The minimum absolute atomic E-state index is 0.0514. The van der Waals surface area contributed by atoms with E-state index in [0.717, 1.165) is 12.8 Å². The van der Waals surface area contributed by atoms with Crippen LogP contribution in [-0.4, -0.2) is 17.7 Å². The van der Waals surface area contributed by atoms with E-state index in [9.17, 15) is 0 Å². The van der Waals surface area contributed by atoms with Crippen LogP contribution in [0.5, 0.6) is 0 Å². The Morgan fingerprint density at radius 1 is 1.54 bits per heavy atom. The molecule has 1 aliphatic carbocycles. The molecule has 2 nitrogen and oxygen atoms in total. The van der Waals surface area contributed by atoms with Crippen LogP contribution < -0.4 is 5.73 Å². The fourth-order valence-electron chi connectivity index (χ4n) is 1.81. The average Bonchev–Trinajstić information content (AvgIpc) is 1.97. The van der Waals surface area contributed by atoms with Crippen molar-refractivity contribution in [3.63, 3.8) is 0 Å². The maximum atomic E-state index is 5.89. The van der Waals surface area contributed by atoms with Crippen molar-refractivity contribution in [2.24, 2.45) is 11.7 Å². The van der Waals surface area contributed by atoms with E-state index in [0.29, 0.717) is 18.1 Å². The summed E-state index contributed by atoms with van der Waals surface area (Å²) in [7, 11) is 0. The highest BCUT2D eigenvalue weighted by atomic mass is 16.5. The molecule has 1 aliphatic rings. The lowest BCUT2D eigenvalue weighted by Gasteiger charge is -2.45. The van der Waals surface area contributed by atoms with E-state index in [-0.39, 0.29) is 5.60 Å². The highest BCUT2D eigenvalue weighted by Gasteiger charge is 2.40. The van der Waals surface area contributed by atoms with Crippen LogP contribution in [0, 0.1) is 5.92 Å². The Kier molecular flexibility index (Phi) is 3.14. The molecule has 76 valence electrons. The standard InChI is InChI=1S/C11H21NO/c1-5-6-8-9(12)7-10(8)13-11(2,3)4/h5,8-10H,1,6-7,12H2,2-4H3/t8-,9+,10+/m0/s1. The first kappa shape index (κ1) is 10.7. The van der Waals surface area contributed by atoms with Gasteiger partial charge >= 0.3 is 0 Å². The predicted molar refractivity (Wildman–Crippen MR) is 55.5 cm³/mol. The molecule has 0 aromatic carbocycles. The van der Waals surface area contributed by atoms with E-state index in [1.165, 1.54) is 0 Å². The average molecular weight is 183 g/mol. The van der Waals surface area contributed by atoms with Crippen molar-refractivity contribution in [1.82, 2.24) is 0 Å². The summed E-state index contributed by atoms with van der Waals surface area (Å²) in [5, 5.41) is 0. The molecule has 1 rings (SSSR count). The zero-order valence-corrected chi connectivity index (χ0v) is 8.92. The van der Waals surface area contributed by atoms with Gasteiger partial charge in [-0.15, -0.1) is 6.58 Å². The van der Waals surface area contributed by atoms with Gasteiger partial charge in [0.2, 0.25) is 0 Å². The first-order valence-electron chi connectivity index (χ1n) is 4.98. The van der Waals surface area contributed by atoms with E-state index in [1.54, 1.807) is 0 Å². The van der Waals surface area contributed by atoms with Crippen LogP contribution in [0.15, 0.2) is 12.7 Å². The molecule has 0 bridgehead atoms. The normalized spacial score (nSPS) is 34.0. The summed E-state index contributed by atoms with van der Waals surface area (Å²) in [6, 6.07) is 0.311. The van der Waals surface area contributed by atoms with Crippen LogP contribution in [0.3, 0.4) is 0 Å². The van der Waals surface area contributed by atoms with Gasteiger partial charge in [0.05, 0.1) is 11.7 Å². The Morgan fingerprint density at radius 3 is 2.54 bits per heavy atom. The number of ether oxygens (including phenoxy) is 1. The van der Waals surface area contributed by atoms with Crippen LogP contribution >= 0.6 is 0 Å². The number of hydrogen-bond donors (Lipinski definition) is 1. The van der Waals surface area contributed by atoms with Crippen molar-refractivity contribution in [1.29, 1.82) is 0 Å². The second-order valence-corrected chi connectivity index (χ2v) is 4.86. The van der Waals surface area contributed by atoms with E-state index < -0.39 is 0 Å². The van der Waals surface area contributed by atoms with Crippen LogP contribution in [0.25, 0.3) is 0 Å². The van der Waals surface area contributed by atoms with Gasteiger partial charge in [-0.1, -0.05) is 6.08 Å². The molecule has 2 N–H and O–H groups in total. The second-order valence-electron chi connectivity index (χ2n) is 4.86. The highest BCUT2D eigenvalue weighted by Crippen LogP contribution is 2.34. The molecule has 1 fully saturated rings. The molecule has 13 heavy (non-hydrogen) atoms. The summed E-state index contributed by atoms with van der Waals surface area (Å²) in [5.41, 5.74) is 5.84. The number of nitrogens with two attached hydrogens (primary N) is 1. The molecule has 0 saturated heterocycles. The van der Waals surface area contributed by atoms with Gasteiger partial charge in [-0.25, -0.2) is 0 Å². The molecule has 0 aromatic heterocycles. The van der Waals surface area contributed by atoms with Gasteiger partial charge in [0.25, 0.3) is 0 Å². The molecule has 1 saturated carbocycles. The smallest absolute Gasteiger partial charge is 0.0643 e. The van der Waals surface area contributed by atoms with Gasteiger partial charge in [-0.05, 0) is 33.6 Å². The van der Waals surface area contributed by atoms with Gasteiger partial charge in [-0.3, -0.25) is 0 Å². The van der Waals surface area contributed by atoms with Crippen LogP contribution in [0.2, 0.25) is 0 Å². The molecular weight excluding hydrogens is 162 g/mol. The Balaban J connectivity index is 2.40. The lowest BCUT2D eigenvalue weighted by atomic mass is 9.74. The van der Waals surface area contributed by atoms with Crippen LogP contribution in [0.4, 0.5) is 0 Å². The van der Waals surface area contributed by atoms with Crippen LogP contribution in [0.1, 0.15) is 33.6 Å². The molecule has 0 heterocycles. The summed E-state index contributed by atoms with van der Waals surface area (Å²) < 4.78 is 5.88. The Labute approximate surface area is 81.1 Å². The maximum Gasteiger partial charge on any atom is 0.0643 e. The second kappa shape index (κ2) is 3.81. The lowest BCUT2D eigenvalue weighted by Crippen LogP contribution is -2.54. The summed E-state index contributed by atoms with van der Waals surface area (Å²) in [4.78, 5) is 0. The predicted octanol–water partition coefficient (Wildman–Crippen LogP) is 2.09. The zero-order chi connectivity index (χ0) is 10.1. The fourth-order valence-corrected chi connectivity index (χ4v) is 1.81. The SMILES string of the molecule is C=CC[C@H]1[C@H](N)C[C@H]1OC(C)(C)C. The fraction of sp³-hybridized carbons (Fsp3) is 0.818. The third kappa shape index (κ3) is 2.82. The summed E-state index contributed by atoms with van der Waals surface area (Å²) in [6.45, 7) is 9.99. The van der Waals surface area contributed by atoms with E-state index in [1.807, 2.05) is 6.08 Å². The molecule has 0 unspecified atom stereocenters. The highest BCUT2D eigenvalue weighted by molar-refractivity contribution is 4.97. The van der Waals surface area contributed by atoms with Gasteiger partial charge in [0.1, 0.15) is 0 Å². The Bertz CT molecular complexity index is 183. The summed E-state index contributed by atoms with van der Waals surface area (Å²) in [6.07, 6.45) is 4.24. The number of rotatable bonds is 3. The Hall–Kier alpha value is -0.340. The van der Waals surface area contributed by atoms with Crippen molar-refractivity contribution >= 4 is 0 Å². The van der Waals surface area contributed by atoms with Crippen molar-refractivity contribution in [3.8, 4) is 0 Å². The van der Waals surface area contributed by atoms with Crippen molar-refractivity contribution < 1.29 is 4.74 Å². The minimum Gasteiger partial charge on any atom is -0.372 e. The third-order valence-electron chi connectivity index (χ3n) is 2.48. The molecule has 3 atom stereocenters. The molecule has 0 spiro atoms. The van der Waals surface area contributed by atoms with Crippen molar-refractivity contribution in [3.05, 3.63) is 12.7 Å². The largest absolute Gasteiger partial charge is 0.372 e. The first-order chi connectivity index (χ1) is 5.94. The van der Waals surface area contributed by atoms with Gasteiger partial charge in [0.15, 0.2) is 0 Å². The van der Waals surface area contributed by atoms with E-state index >= 15 is 0 Å². The molecule has 0 amide bonds. The van der Waals surface area contributed by atoms with E-state index in [4.69, 9.17) is 10.5 Å². The van der Waals surface area contributed by atoms with Gasteiger partial charge in [0, 0.05) is 12.0 Å².